The maximum Gasteiger partial charge on any atom is 0.270 e. The normalized spacial score (nSPS) is 11.9. The van der Waals surface area contributed by atoms with Crippen molar-refractivity contribution in [3.63, 3.8) is 0 Å². The molecule has 0 aliphatic heterocycles. The van der Waals surface area contributed by atoms with Crippen molar-refractivity contribution in [1.29, 1.82) is 0 Å². The van der Waals surface area contributed by atoms with Crippen LogP contribution in [0.1, 0.15) is 18.1 Å². The minimum absolute atomic E-state index is 0.0596. The van der Waals surface area contributed by atoms with Crippen molar-refractivity contribution in [3.05, 3.63) is 56.5 Å². The van der Waals surface area contributed by atoms with Gasteiger partial charge in [-0.3, -0.25) is 5.43 Å². The van der Waals surface area contributed by atoms with Crippen molar-refractivity contribution in [3.8, 4) is 5.75 Å². The Bertz CT molecular complexity index is 698. The van der Waals surface area contributed by atoms with Crippen LogP contribution in [0.2, 0.25) is 0 Å². The number of nitrogens with zero attached hydrogens (tertiary/aromatic N) is 1. The van der Waals surface area contributed by atoms with Crippen molar-refractivity contribution in [1.82, 2.24) is 0 Å². The number of phenols is 1. The molecule has 0 aliphatic carbocycles. The molecule has 0 saturated heterocycles. The van der Waals surface area contributed by atoms with Gasteiger partial charge in [0.15, 0.2) is 0 Å². The van der Waals surface area contributed by atoms with Crippen LogP contribution in [0, 0.1) is 0 Å². The summed E-state index contributed by atoms with van der Waals surface area (Å²) in [5, 5.41) is 13.9. The van der Waals surface area contributed by atoms with E-state index in [1.807, 2.05) is 0 Å². The smallest absolute Gasteiger partial charge is 0.270 e. The lowest BCUT2D eigenvalue weighted by molar-refractivity contribution is 0.0175. The van der Waals surface area contributed by atoms with Crippen LogP contribution in [0.5, 0.6) is 5.75 Å². The first-order chi connectivity index (χ1) is 10.3. The van der Waals surface area contributed by atoms with Gasteiger partial charge in [-0.15, -0.1) is 0 Å². The Morgan fingerprint density at radius 3 is 2.41 bits per heavy atom. The van der Waals surface area contributed by atoms with E-state index in [1.54, 1.807) is 12.1 Å². The number of hydrogen-bond acceptors (Lipinski definition) is 3. The van der Waals surface area contributed by atoms with E-state index in [-0.39, 0.29) is 11.3 Å². The average Bonchev–Trinajstić information content (AvgIpc) is 2.43. The molecule has 22 heavy (non-hydrogen) atoms. The maximum absolute atomic E-state index is 13.1. The number of hydrazone groups is 1. The number of benzene rings is 2. The summed E-state index contributed by atoms with van der Waals surface area (Å²) in [6, 6.07) is 9.12. The molecule has 0 spiro atoms. The van der Waals surface area contributed by atoms with E-state index in [4.69, 9.17) is 0 Å². The zero-order chi connectivity index (χ0) is 16.3. The van der Waals surface area contributed by atoms with Crippen LogP contribution in [0.4, 0.5) is 14.5 Å². The molecule has 2 aromatic rings. The number of hydrogen-bond donors (Lipinski definition) is 2. The molecule has 0 fully saturated rings. The third-order valence-electron chi connectivity index (χ3n) is 2.85. The van der Waals surface area contributed by atoms with Crippen molar-refractivity contribution >= 4 is 43.8 Å². The Hall–Kier alpha value is -1.47. The number of halogens is 4. The zero-order valence-electron chi connectivity index (χ0n) is 11.4. The van der Waals surface area contributed by atoms with Crippen LogP contribution in [0.15, 0.2) is 50.4 Å². The summed E-state index contributed by atoms with van der Waals surface area (Å²) in [4.78, 5) is 0. The third-order valence-corrected chi connectivity index (χ3v) is 3.91. The SMILES string of the molecule is CC(F)(F)c1ccc(N/N=C/c2cc(Br)cc(Br)c2O)cc1. The Morgan fingerprint density at radius 1 is 1.18 bits per heavy atom. The van der Waals surface area contributed by atoms with Crippen LogP contribution in [0.3, 0.4) is 0 Å². The van der Waals surface area contributed by atoms with Crippen LogP contribution in [0.25, 0.3) is 0 Å². The van der Waals surface area contributed by atoms with Crippen molar-refractivity contribution in [2.45, 2.75) is 12.8 Å². The molecule has 0 radical (unpaired) electrons. The molecule has 0 heterocycles. The highest BCUT2D eigenvalue weighted by molar-refractivity contribution is 9.11. The Kier molecular flexibility index (Phi) is 5.18. The van der Waals surface area contributed by atoms with Gasteiger partial charge in [-0.25, -0.2) is 8.78 Å². The molecule has 7 heteroatoms. The van der Waals surface area contributed by atoms with Crippen molar-refractivity contribution in [2.75, 3.05) is 5.43 Å². The average molecular weight is 434 g/mol. The molecule has 3 nitrogen and oxygen atoms in total. The number of anilines is 1. The molecule has 116 valence electrons. The van der Waals surface area contributed by atoms with Gasteiger partial charge >= 0.3 is 0 Å². The fourth-order valence-electron chi connectivity index (χ4n) is 1.70. The van der Waals surface area contributed by atoms with Crippen molar-refractivity contribution in [2.24, 2.45) is 5.10 Å². The highest BCUT2D eigenvalue weighted by Gasteiger charge is 2.23. The third kappa shape index (κ3) is 4.27. The predicted octanol–water partition coefficient (Wildman–Crippen LogP) is 5.47. The minimum Gasteiger partial charge on any atom is -0.506 e. The Morgan fingerprint density at radius 2 is 1.82 bits per heavy atom. The lowest BCUT2D eigenvalue weighted by Gasteiger charge is -2.10. The molecule has 0 aliphatic rings. The molecule has 0 saturated carbocycles. The quantitative estimate of drug-likeness (QED) is 0.495. The molecule has 0 unspecified atom stereocenters. The number of alkyl halides is 2. The van der Waals surface area contributed by atoms with Crippen LogP contribution in [-0.2, 0) is 5.92 Å². The second-order valence-corrected chi connectivity index (χ2v) is 6.43. The van der Waals surface area contributed by atoms with E-state index in [0.717, 1.165) is 11.4 Å². The molecular formula is C15H12Br2F2N2O. The number of phenolic OH excluding ortho intramolecular Hbond substituents is 1. The summed E-state index contributed by atoms with van der Waals surface area (Å²) in [7, 11) is 0. The molecule has 0 aromatic heterocycles. The highest BCUT2D eigenvalue weighted by atomic mass is 79.9. The van der Waals surface area contributed by atoms with E-state index in [9.17, 15) is 13.9 Å². The molecule has 2 N–H and O–H groups in total. The maximum atomic E-state index is 13.1. The summed E-state index contributed by atoms with van der Waals surface area (Å²) in [6.45, 7) is 0.849. The summed E-state index contributed by atoms with van der Waals surface area (Å²) in [5.74, 6) is -2.80. The van der Waals surface area contributed by atoms with Gasteiger partial charge < -0.3 is 5.11 Å². The topological polar surface area (TPSA) is 44.6 Å². The second kappa shape index (κ2) is 6.75. The first-order valence-corrected chi connectivity index (χ1v) is 7.81. The number of rotatable bonds is 4. The van der Waals surface area contributed by atoms with E-state index < -0.39 is 5.92 Å². The highest BCUT2D eigenvalue weighted by Crippen LogP contribution is 2.31. The molecule has 0 atom stereocenters. The van der Waals surface area contributed by atoms with Crippen LogP contribution < -0.4 is 5.43 Å². The molecular weight excluding hydrogens is 422 g/mol. The van der Waals surface area contributed by atoms with Gasteiger partial charge in [-0.1, -0.05) is 28.1 Å². The van der Waals surface area contributed by atoms with Gasteiger partial charge in [0.2, 0.25) is 0 Å². The fourth-order valence-corrected chi connectivity index (χ4v) is 2.96. The summed E-state index contributed by atoms with van der Waals surface area (Å²) in [6.07, 6.45) is 1.44. The van der Waals surface area contributed by atoms with E-state index >= 15 is 0 Å². The van der Waals surface area contributed by atoms with E-state index in [0.29, 0.717) is 15.7 Å². The largest absolute Gasteiger partial charge is 0.506 e. The van der Waals surface area contributed by atoms with E-state index in [1.165, 1.54) is 30.5 Å². The monoisotopic (exact) mass is 432 g/mol. The minimum atomic E-state index is -2.86. The predicted molar refractivity (Wildman–Crippen MR) is 90.7 cm³/mol. The number of nitrogens with one attached hydrogen (secondary N) is 1. The first kappa shape index (κ1) is 16.9. The van der Waals surface area contributed by atoms with Gasteiger partial charge in [0.1, 0.15) is 5.75 Å². The zero-order valence-corrected chi connectivity index (χ0v) is 14.6. The van der Waals surface area contributed by atoms with Crippen LogP contribution >= 0.6 is 31.9 Å². The summed E-state index contributed by atoms with van der Waals surface area (Å²) < 4.78 is 27.5. The van der Waals surface area contributed by atoms with Gasteiger partial charge in [-0.05, 0) is 40.2 Å². The summed E-state index contributed by atoms with van der Waals surface area (Å²) >= 11 is 6.54. The lowest BCUT2D eigenvalue weighted by atomic mass is 10.1. The Balaban J connectivity index is 2.10. The molecule has 0 amide bonds. The summed E-state index contributed by atoms with van der Waals surface area (Å²) in [5.41, 5.74) is 3.73. The van der Waals surface area contributed by atoms with Gasteiger partial charge in [0.05, 0.1) is 16.4 Å². The van der Waals surface area contributed by atoms with Gasteiger partial charge in [0, 0.05) is 22.5 Å². The first-order valence-electron chi connectivity index (χ1n) is 6.23. The molecule has 2 aromatic carbocycles. The lowest BCUT2D eigenvalue weighted by Crippen LogP contribution is -2.06. The Labute approximate surface area is 143 Å². The van der Waals surface area contributed by atoms with E-state index in [2.05, 4.69) is 42.4 Å². The van der Waals surface area contributed by atoms with Gasteiger partial charge in [-0.2, -0.15) is 5.10 Å². The fraction of sp³-hybridized carbons (Fsp3) is 0.133. The number of aromatic hydroxyl groups is 1. The standard InChI is InChI=1S/C15H12Br2F2N2O/c1-15(18,19)10-2-4-12(5-3-10)21-20-8-9-6-11(16)7-13(17)14(9)22/h2-8,21-22H,1H3/b20-8+. The van der Waals surface area contributed by atoms with Crippen molar-refractivity contribution < 1.29 is 13.9 Å². The van der Waals surface area contributed by atoms with Gasteiger partial charge in [0.25, 0.3) is 5.92 Å². The second-order valence-electron chi connectivity index (χ2n) is 4.66. The molecule has 0 bridgehead atoms. The van der Waals surface area contributed by atoms with Crippen LogP contribution in [-0.4, -0.2) is 11.3 Å². The molecule has 2 rings (SSSR count).